The number of nitrogens with zero attached hydrogens (tertiary/aromatic N) is 1. The highest BCUT2D eigenvalue weighted by molar-refractivity contribution is 5.71. The van der Waals surface area contributed by atoms with Gasteiger partial charge in [0.05, 0.1) is 19.3 Å². The van der Waals surface area contributed by atoms with Crippen molar-refractivity contribution in [1.29, 1.82) is 0 Å². The molecule has 0 saturated heterocycles. The molecule has 0 bridgehead atoms. The molecular formula is C13H25NO3. The number of carbonyl (C=O) groups is 1. The Kier molecular flexibility index (Phi) is 6.52. The Morgan fingerprint density at radius 3 is 2.53 bits per heavy atom. The minimum Gasteiger partial charge on any atom is -0.462 e. The number of esters is 1. The van der Waals surface area contributed by atoms with Crippen molar-refractivity contribution in [2.24, 2.45) is 0 Å². The van der Waals surface area contributed by atoms with Crippen LogP contribution in [0.3, 0.4) is 0 Å². The zero-order valence-corrected chi connectivity index (χ0v) is 11.0. The average molecular weight is 243 g/mol. The highest BCUT2D eigenvalue weighted by atomic mass is 16.5. The molecule has 0 aromatic rings. The van der Waals surface area contributed by atoms with Crippen molar-refractivity contribution in [2.75, 3.05) is 19.7 Å². The van der Waals surface area contributed by atoms with Crippen LogP contribution in [0.4, 0.5) is 0 Å². The molecule has 1 N–H and O–H groups in total. The molecule has 17 heavy (non-hydrogen) atoms. The van der Waals surface area contributed by atoms with Gasteiger partial charge in [-0.2, -0.15) is 0 Å². The first-order valence-electron chi connectivity index (χ1n) is 6.68. The number of ether oxygens (including phenoxy) is 1. The molecule has 4 heteroatoms. The molecule has 0 heterocycles. The molecular weight excluding hydrogens is 218 g/mol. The molecule has 0 amide bonds. The van der Waals surface area contributed by atoms with Gasteiger partial charge in [-0.1, -0.05) is 19.3 Å². The number of carbonyl (C=O) groups excluding carboxylic acids is 1. The van der Waals surface area contributed by atoms with Gasteiger partial charge < -0.3 is 9.84 Å². The van der Waals surface area contributed by atoms with Crippen molar-refractivity contribution >= 4 is 5.97 Å². The number of rotatable bonds is 6. The van der Waals surface area contributed by atoms with E-state index < -0.39 is 0 Å². The highest BCUT2D eigenvalue weighted by Gasteiger charge is 2.23. The monoisotopic (exact) mass is 243 g/mol. The van der Waals surface area contributed by atoms with Gasteiger partial charge in [0, 0.05) is 12.6 Å². The third-order valence-electron chi connectivity index (χ3n) is 3.18. The highest BCUT2D eigenvalue weighted by Crippen LogP contribution is 2.22. The van der Waals surface area contributed by atoms with E-state index in [9.17, 15) is 4.79 Å². The van der Waals surface area contributed by atoms with Crippen LogP contribution < -0.4 is 0 Å². The second kappa shape index (κ2) is 7.67. The second-order valence-corrected chi connectivity index (χ2v) is 5.02. The fourth-order valence-corrected chi connectivity index (χ4v) is 2.43. The predicted octanol–water partition coefficient (Wildman–Crippen LogP) is 1.56. The van der Waals surface area contributed by atoms with E-state index in [1.165, 1.54) is 19.3 Å². The minimum absolute atomic E-state index is 0.0650. The van der Waals surface area contributed by atoms with Crippen LogP contribution >= 0.6 is 0 Å². The summed E-state index contributed by atoms with van der Waals surface area (Å²) in [6, 6.07) is 0.440. The maximum atomic E-state index is 11.6. The molecule has 0 aromatic carbocycles. The predicted molar refractivity (Wildman–Crippen MR) is 66.8 cm³/mol. The quantitative estimate of drug-likeness (QED) is 0.719. The summed E-state index contributed by atoms with van der Waals surface area (Å²) in [6.07, 6.45) is 5.95. The summed E-state index contributed by atoms with van der Waals surface area (Å²) >= 11 is 0. The van der Waals surface area contributed by atoms with Crippen LogP contribution in [0.1, 0.15) is 46.0 Å². The molecule has 0 aliphatic heterocycles. The molecule has 0 unspecified atom stereocenters. The third kappa shape index (κ3) is 5.50. The van der Waals surface area contributed by atoms with E-state index in [0.717, 1.165) is 12.8 Å². The normalized spacial score (nSPS) is 17.7. The van der Waals surface area contributed by atoms with Gasteiger partial charge >= 0.3 is 5.97 Å². The fraction of sp³-hybridized carbons (Fsp3) is 0.923. The molecule has 4 nitrogen and oxygen atoms in total. The average Bonchev–Trinajstić information content (AvgIpc) is 2.28. The van der Waals surface area contributed by atoms with E-state index in [-0.39, 0.29) is 18.7 Å². The molecule has 0 atom stereocenters. The van der Waals surface area contributed by atoms with Gasteiger partial charge in [0.25, 0.3) is 0 Å². The van der Waals surface area contributed by atoms with Gasteiger partial charge in [-0.25, -0.2) is 0 Å². The van der Waals surface area contributed by atoms with Crippen LogP contribution in [0.2, 0.25) is 0 Å². The SMILES string of the molecule is CC(C)OC(=O)CN(CCO)C1CCCCC1. The maximum absolute atomic E-state index is 11.6. The maximum Gasteiger partial charge on any atom is 0.320 e. The molecule has 100 valence electrons. The van der Waals surface area contributed by atoms with E-state index in [1.807, 2.05) is 13.8 Å². The lowest BCUT2D eigenvalue weighted by Gasteiger charge is -2.33. The van der Waals surface area contributed by atoms with E-state index in [1.54, 1.807) is 0 Å². The van der Waals surface area contributed by atoms with E-state index in [0.29, 0.717) is 19.1 Å². The first kappa shape index (κ1) is 14.5. The molecule has 1 saturated carbocycles. The number of aliphatic hydroxyl groups is 1. The van der Waals surface area contributed by atoms with Gasteiger partial charge in [-0.05, 0) is 26.7 Å². The first-order valence-corrected chi connectivity index (χ1v) is 6.68. The second-order valence-electron chi connectivity index (χ2n) is 5.02. The lowest BCUT2D eigenvalue weighted by atomic mass is 9.94. The van der Waals surface area contributed by atoms with Crippen molar-refractivity contribution in [3.05, 3.63) is 0 Å². The molecule has 0 aromatic heterocycles. The number of hydrogen-bond donors (Lipinski definition) is 1. The molecule has 0 radical (unpaired) electrons. The van der Waals surface area contributed by atoms with Gasteiger partial charge in [0.2, 0.25) is 0 Å². The van der Waals surface area contributed by atoms with Crippen molar-refractivity contribution in [1.82, 2.24) is 4.90 Å². The van der Waals surface area contributed by atoms with Crippen LogP contribution in [-0.4, -0.2) is 47.8 Å². The van der Waals surface area contributed by atoms with E-state index >= 15 is 0 Å². The lowest BCUT2D eigenvalue weighted by Crippen LogP contribution is -2.42. The standard InChI is InChI=1S/C13H25NO3/c1-11(2)17-13(16)10-14(8-9-15)12-6-4-3-5-7-12/h11-12,15H,3-10H2,1-2H3. The number of hydrogen-bond acceptors (Lipinski definition) is 4. The van der Waals surface area contributed by atoms with E-state index in [2.05, 4.69) is 4.90 Å². The number of aliphatic hydroxyl groups excluding tert-OH is 1. The summed E-state index contributed by atoms with van der Waals surface area (Å²) in [5.74, 6) is -0.181. The van der Waals surface area contributed by atoms with Gasteiger partial charge in [-0.15, -0.1) is 0 Å². The summed E-state index contributed by atoms with van der Waals surface area (Å²) in [6.45, 7) is 4.69. The van der Waals surface area contributed by atoms with Crippen molar-refractivity contribution in [3.63, 3.8) is 0 Å². The molecule has 0 spiro atoms. The molecule has 1 aliphatic carbocycles. The zero-order chi connectivity index (χ0) is 12.7. The summed E-state index contributed by atoms with van der Waals surface area (Å²) in [4.78, 5) is 13.7. The molecule has 1 aliphatic rings. The Morgan fingerprint density at radius 2 is 2.00 bits per heavy atom. The first-order chi connectivity index (χ1) is 8.13. The largest absolute Gasteiger partial charge is 0.462 e. The van der Waals surface area contributed by atoms with E-state index in [4.69, 9.17) is 9.84 Å². The fourth-order valence-electron chi connectivity index (χ4n) is 2.43. The Balaban J connectivity index is 2.43. The summed E-state index contributed by atoms with van der Waals surface area (Å²) in [5, 5.41) is 9.07. The van der Waals surface area contributed by atoms with Gasteiger partial charge in [0.1, 0.15) is 0 Å². The Labute approximate surface area is 104 Å². The molecule has 1 fully saturated rings. The Hall–Kier alpha value is -0.610. The third-order valence-corrected chi connectivity index (χ3v) is 3.18. The lowest BCUT2D eigenvalue weighted by molar-refractivity contribution is -0.149. The van der Waals surface area contributed by atoms with Gasteiger partial charge in [-0.3, -0.25) is 9.69 Å². The smallest absolute Gasteiger partial charge is 0.320 e. The zero-order valence-electron chi connectivity index (χ0n) is 11.0. The summed E-state index contributed by atoms with van der Waals surface area (Å²) in [7, 11) is 0. The molecule has 1 rings (SSSR count). The topological polar surface area (TPSA) is 49.8 Å². The van der Waals surface area contributed by atoms with Crippen LogP contribution in [0.15, 0.2) is 0 Å². The Morgan fingerprint density at radius 1 is 1.35 bits per heavy atom. The van der Waals surface area contributed by atoms with Crippen molar-refractivity contribution in [3.8, 4) is 0 Å². The Bertz CT molecular complexity index is 225. The summed E-state index contributed by atoms with van der Waals surface area (Å²) < 4.78 is 5.16. The van der Waals surface area contributed by atoms with Crippen molar-refractivity contribution in [2.45, 2.75) is 58.1 Å². The van der Waals surface area contributed by atoms with Crippen molar-refractivity contribution < 1.29 is 14.6 Å². The van der Waals surface area contributed by atoms with Crippen LogP contribution in [0.5, 0.6) is 0 Å². The van der Waals surface area contributed by atoms with Gasteiger partial charge in [0.15, 0.2) is 0 Å². The summed E-state index contributed by atoms with van der Waals surface area (Å²) in [5.41, 5.74) is 0. The van der Waals surface area contributed by atoms with Crippen LogP contribution in [0.25, 0.3) is 0 Å². The van der Waals surface area contributed by atoms with Crippen LogP contribution in [-0.2, 0) is 9.53 Å². The van der Waals surface area contributed by atoms with Crippen LogP contribution in [0, 0.1) is 0 Å². The minimum atomic E-state index is -0.181.